The zero-order valence-electron chi connectivity index (χ0n) is 17.7. The van der Waals surface area contributed by atoms with E-state index in [1.807, 2.05) is 58.0 Å². The van der Waals surface area contributed by atoms with E-state index in [-0.39, 0.29) is 24.3 Å². The van der Waals surface area contributed by atoms with Gasteiger partial charge in [-0.25, -0.2) is 4.98 Å². The monoisotopic (exact) mass is 417 g/mol. The van der Waals surface area contributed by atoms with Gasteiger partial charge in [0, 0.05) is 24.6 Å². The summed E-state index contributed by atoms with van der Waals surface area (Å²) >= 11 is 1.44. The van der Waals surface area contributed by atoms with Gasteiger partial charge in [-0.05, 0) is 39.2 Å². The maximum absolute atomic E-state index is 13.3. The van der Waals surface area contributed by atoms with Crippen molar-refractivity contribution < 1.29 is 14.3 Å². The van der Waals surface area contributed by atoms with Crippen LogP contribution in [0.1, 0.15) is 48.7 Å². The molecular formula is C22H31N3O3S. The number of rotatable bonds is 11. The van der Waals surface area contributed by atoms with Crippen molar-refractivity contribution >= 4 is 28.3 Å². The molecule has 0 spiro atoms. The fourth-order valence-electron chi connectivity index (χ4n) is 3.09. The molecular weight excluding hydrogens is 386 g/mol. The van der Waals surface area contributed by atoms with Gasteiger partial charge in [0.25, 0.3) is 0 Å². The van der Waals surface area contributed by atoms with Crippen molar-refractivity contribution in [3.63, 3.8) is 0 Å². The molecule has 0 radical (unpaired) electrons. The summed E-state index contributed by atoms with van der Waals surface area (Å²) < 4.78 is 5.40. The van der Waals surface area contributed by atoms with Crippen molar-refractivity contribution in [1.29, 1.82) is 0 Å². The molecule has 2 amide bonds. The SMILES string of the molecule is CCOCCCN(CC(=O)Nc1nc(C)c(C)s1)C(=O)C(CC)c1ccccc1. The molecule has 0 aliphatic carbocycles. The van der Waals surface area contributed by atoms with E-state index < -0.39 is 0 Å². The van der Waals surface area contributed by atoms with E-state index in [0.717, 1.165) is 16.1 Å². The maximum atomic E-state index is 13.3. The minimum Gasteiger partial charge on any atom is -0.382 e. The third kappa shape index (κ3) is 6.94. The highest BCUT2D eigenvalue weighted by Crippen LogP contribution is 2.23. The lowest BCUT2D eigenvalue weighted by Crippen LogP contribution is -2.41. The van der Waals surface area contributed by atoms with Crippen LogP contribution in [0.4, 0.5) is 5.13 Å². The Kier molecular flexibility index (Phi) is 9.28. The summed E-state index contributed by atoms with van der Waals surface area (Å²) in [7, 11) is 0. The first-order valence-corrected chi connectivity index (χ1v) is 10.9. The zero-order valence-corrected chi connectivity index (χ0v) is 18.6. The Bertz CT molecular complexity index is 772. The van der Waals surface area contributed by atoms with Crippen LogP contribution in [0.25, 0.3) is 0 Å². The van der Waals surface area contributed by atoms with E-state index in [9.17, 15) is 9.59 Å². The van der Waals surface area contributed by atoms with E-state index in [1.54, 1.807) is 4.90 Å². The van der Waals surface area contributed by atoms with Gasteiger partial charge in [0.05, 0.1) is 18.2 Å². The Hall–Kier alpha value is -2.25. The Morgan fingerprint density at radius 2 is 1.93 bits per heavy atom. The summed E-state index contributed by atoms with van der Waals surface area (Å²) in [4.78, 5) is 33.0. The van der Waals surface area contributed by atoms with Crippen molar-refractivity contribution in [3.8, 4) is 0 Å². The summed E-state index contributed by atoms with van der Waals surface area (Å²) in [6.07, 6.45) is 1.37. The van der Waals surface area contributed by atoms with Gasteiger partial charge < -0.3 is 15.0 Å². The summed E-state index contributed by atoms with van der Waals surface area (Å²) in [5, 5.41) is 3.40. The largest absolute Gasteiger partial charge is 0.382 e. The van der Waals surface area contributed by atoms with Crippen LogP contribution in [0.3, 0.4) is 0 Å². The molecule has 7 heteroatoms. The van der Waals surface area contributed by atoms with Gasteiger partial charge in [-0.3, -0.25) is 9.59 Å². The fraction of sp³-hybridized carbons (Fsp3) is 0.500. The Labute approximate surface area is 177 Å². The molecule has 1 heterocycles. The number of carbonyl (C=O) groups excluding carboxylic acids is 2. The summed E-state index contributed by atoms with van der Waals surface area (Å²) in [6.45, 7) is 9.51. The molecule has 29 heavy (non-hydrogen) atoms. The van der Waals surface area contributed by atoms with Crippen LogP contribution in [-0.2, 0) is 14.3 Å². The first-order chi connectivity index (χ1) is 14.0. The molecule has 2 rings (SSSR count). The number of aromatic nitrogens is 1. The molecule has 0 saturated heterocycles. The second kappa shape index (κ2) is 11.7. The lowest BCUT2D eigenvalue weighted by Gasteiger charge is -2.26. The number of amides is 2. The topological polar surface area (TPSA) is 71.5 Å². The standard InChI is InChI=1S/C22H31N3O3S/c1-5-19(18-11-8-7-9-12-18)21(27)25(13-10-14-28-6-2)15-20(26)24-22-23-16(3)17(4)29-22/h7-9,11-12,19H,5-6,10,13-15H2,1-4H3,(H,23,24,26). The average molecular weight is 418 g/mol. The van der Waals surface area contributed by atoms with Crippen molar-refractivity contribution in [2.45, 2.75) is 46.5 Å². The predicted molar refractivity (Wildman–Crippen MR) is 117 cm³/mol. The predicted octanol–water partition coefficient (Wildman–Crippen LogP) is 4.15. The molecule has 0 saturated carbocycles. The van der Waals surface area contributed by atoms with Gasteiger partial charge in [-0.15, -0.1) is 11.3 Å². The first-order valence-electron chi connectivity index (χ1n) is 10.1. The molecule has 158 valence electrons. The molecule has 1 unspecified atom stereocenters. The van der Waals surface area contributed by atoms with Crippen molar-refractivity contribution in [1.82, 2.24) is 9.88 Å². The van der Waals surface area contributed by atoms with Crippen molar-refractivity contribution in [3.05, 3.63) is 46.5 Å². The highest BCUT2D eigenvalue weighted by Gasteiger charge is 2.26. The van der Waals surface area contributed by atoms with Crippen molar-refractivity contribution in [2.75, 3.05) is 31.6 Å². The molecule has 1 atom stereocenters. The highest BCUT2D eigenvalue weighted by molar-refractivity contribution is 7.15. The molecule has 1 N–H and O–H groups in total. The molecule has 0 aliphatic heterocycles. The highest BCUT2D eigenvalue weighted by atomic mass is 32.1. The van der Waals surface area contributed by atoms with E-state index in [0.29, 0.717) is 37.7 Å². The summed E-state index contributed by atoms with van der Waals surface area (Å²) in [5.41, 5.74) is 1.88. The molecule has 1 aromatic heterocycles. The van der Waals surface area contributed by atoms with Crippen LogP contribution in [0, 0.1) is 13.8 Å². The number of nitrogens with zero attached hydrogens (tertiary/aromatic N) is 2. The molecule has 0 aliphatic rings. The zero-order chi connectivity index (χ0) is 21.2. The quantitative estimate of drug-likeness (QED) is 0.558. The molecule has 0 bridgehead atoms. The van der Waals surface area contributed by atoms with E-state index in [4.69, 9.17) is 4.74 Å². The number of nitrogens with one attached hydrogen (secondary N) is 1. The summed E-state index contributed by atoms with van der Waals surface area (Å²) in [6, 6.07) is 9.73. The minimum absolute atomic E-state index is 0.00592. The van der Waals surface area contributed by atoms with Crippen LogP contribution in [0.15, 0.2) is 30.3 Å². The van der Waals surface area contributed by atoms with Gasteiger partial charge in [0.2, 0.25) is 11.8 Å². The number of aryl methyl sites for hydroxylation is 2. The van der Waals surface area contributed by atoms with Gasteiger partial charge in [-0.2, -0.15) is 0 Å². The Morgan fingerprint density at radius 1 is 1.21 bits per heavy atom. The molecule has 6 nitrogen and oxygen atoms in total. The minimum atomic E-state index is -0.263. The van der Waals surface area contributed by atoms with Gasteiger partial charge >= 0.3 is 0 Å². The maximum Gasteiger partial charge on any atom is 0.245 e. The second-order valence-corrected chi connectivity index (χ2v) is 8.09. The van der Waals surface area contributed by atoms with Crippen LogP contribution >= 0.6 is 11.3 Å². The number of benzene rings is 1. The van der Waals surface area contributed by atoms with Gasteiger partial charge in [0.1, 0.15) is 0 Å². The number of hydrogen-bond acceptors (Lipinski definition) is 5. The average Bonchev–Trinajstić information content (AvgIpc) is 3.02. The van der Waals surface area contributed by atoms with E-state index in [1.165, 1.54) is 11.3 Å². The Morgan fingerprint density at radius 3 is 2.52 bits per heavy atom. The number of hydrogen-bond donors (Lipinski definition) is 1. The number of carbonyl (C=O) groups is 2. The number of anilines is 1. The molecule has 1 aromatic carbocycles. The van der Waals surface area contributed by atoms with E-state index in [2.05, 4.69) is 10.3 Å². The third-order valence-electron chi connectivity index (χ3n) is 4.75. The molecule has 2 aromatic rings. The third-order valence-corrected chi connectivity index (χ3v) is 5.74. The van der Waals surface area contributed by atoms with Gasteiger partial charge in [0.15, 0.2) is 5.13 Å². The first kappa shape index (κ1) is 23.0. The Balaban J connectivity index is 2.09. The summed E-state index contributed by atoms with van der Waals surface area (Å²) in [5.74, 6) is -0.524. The van der Waals surface area contributed by atoms with E-state index >= 15 is 0 Å². The number of thiazole rings is 1. The lowest BCUT2D eigenvalue weighted by molar-refractivity contribution is -0.136. The van der Waals surface area contributed by atoms with Crippen LogP contribution < -0.4 is 5.32 Å². The van der Waals surface area contributed by atoms with Crippen molar-refractivity contribution in [2.24, 2.45) is 0 Å². The fourth-order valence-corrected chi connectivity index (χ4v) is 3.92. The smallest absolute Gasteiger partial charge is 0.245 e. The second-order valence-electron chi connectivity index (χ2n) is 6.89. The normalized spacial score (nSPS) is 11.9. The van der Waals surface area contributed by atoms with Gasteiger partial charge in [-0.1, -0.05) is 37.3 Å². The van der Waals surface area contributed by atoms with Crippen LogP contribution in [-0.4, -0.2) is 48.0 Å². The lowest BCUT2D eigenvalue weighted by atomic mass is 9.95. The number of ether oxygens (including phenoxy) is 1. The molecule has 0 fully saturated rings. The van der Waals surface area contributed by atoms with Crippen LogP contribution in [0.2, 0.25) is 0 Å². The van der Waals surface area contributed by atoms with Crippen LogP contribution in [0.5, 0.6) is 0 Å².